The third-order valence-electron chi connectivity index (χ3n) is 6.26. The standard InChI is InChI=1S/C28H35N3O6/c1-6-7-9-14-20(32)15-22(33)29-21(19-12-10-8-11-13-19)16-23(34)30-25(17(2)3)26(35)24-18(4)27(36)31(5)28(24)37/h6-14,17-18,21,24-25H,15-16H2,1-5H3,(H,29,33)(H,30,34)/b7-6+,14-9+/t18-,21-,24+,25-/m0/s1. The molecule has 1 aromatic carbocycles. The van der Waals surface area contributed by atoms with Gasteiger partial charge in [-0.2, -0.15) is 0 Å². The van der Waals surface area contributed by atoms with Gasteiger partial charge in [-0.05, 0) is 24.5 Å². The van der Waals surface area contributed by atoms with E-state index in [4.69, 9.17) is 0 Å². The molecule has 0 saturated carbocycles. The number of carbonyl (C=O) groups excluding carboxylic acids is 6. The highest BCUT2D eigenvalue weighted by Gasteiger charge is 2.49. The second kappa shape index (κ2) is 13.4. The van der Waals surface area contributed by atoms with Gasteiger partial charge in [-0.25, -0.2) is 0 Å². The summed E-state index contributed by atoms with van der Waals surface area (Å²) < 4.78 is 0. The molecule has 0 radical (unpaired) electrons. The number of allylic oxidation sites excluding steroid dienone is 4. The van der Waals surface area contributed by atoms with Crippen molar-refractivity contribution in [3.63, 3.8) is 0 Å². The Hall–Kier alpha value is -3.88. The summed E-state index contributed by atoms with van der Waals surface area (Å²) in [4.78, 5) is 76.6. The molecule has 198 valence electrons. The zero-order valence-electron chi connectivity index (χ0n) is 21.9. The Morgan fingerprint density at radius 1 is 0.973 bits per heavy atom. The number of benzene rings is 1. The van der Waals surface area contributed by atoms with E-state index >= 15 is 0 Å². The molecular weight excluding hydrogens is 474 g/mol. The number of imide groups is 1. The quantitative estimate of drug-likeness (QED) is 0.192. The number of nitrogens with one attached hydrogen (secondary N) is 2. The van der Waals surface area contributed by atoms with Crippen LogP contribution in [0, 0.1) is 17.8 Å². The number of hydrogen-bond acceptors (Lipinski definition) is 6. The van der Waals surface area contributed by atoms with Crippen molar-refractivity contribution in [2.24, 2.45) is 17.8 Å². The summed E-state index contributed by atoms with van der Waals surface area (Å²) in [5.41, 5.74) is 0.655. The van der Waals surface area contributed by atoms with Gasteiger partial charge in [0, 0.05) is 7.05 Å². The monoisotopic (exact) mass is 509 g/mol. The lowest BCUT2D eigenvalue weighted by atomic mass is 9.85. The van der Waals surface area contributed by atoms with Crippen LogP contribution < -0.4 is 10.6 Å². The summed E-state index contributed by atoms with van der Waals surface area (Å²) >= 11 is 0. The highest BCUT2D eigenvalue weighted by Crippen LogP contribution is 2.28. The second-order valence-electron chi connectivity index (χ2n) is 9.46. The minimum Gasteiger partial charge on any atom is -0.348 e. The molecule has 1 fully saturated rings. The van der Waals surface area contributed by atoms with Crippen LogP contribution in [0.4, 0.5) is 0 Å². The van der Waals surface area contributed by atoms with E-state index in [1.807, 2.05) is 0 Å². The lowest BCUT2D eigenvalue weighted by Gasteiger charge is -2.26. The summed E-state index contributed by atoms with van der Waals surface area (Å²) in [6, 6.07) is 7.08. The molecule has 4 amide bonds. The Kier molecular flexibility index (Phi) is 10.7. The number of Topliss-reactive ketones (excluding diaryl/α,β-unsaturated/α-hetero) is 1. The maximum Gasteiger partial charge on any atom is 0.240 e. The molecular formula is C28H35N3O6. The van der Waals surface area contributed by atoms with Gasteiger partial charge in [-0.3, -0.25) is 33.7 Å². The van der Waals surface area contributed by atoms with Gasteiger partial charge in [0.25, 0.3) is 0 Å². The van der Waals surface area contributed by atoms with Gasteiger partial charge in [0.1, 0.15) is 5.92 Å². The van der Waals surface area contributed by atoms with Gasteiger partial charge in [0.2, 0.25) is 23.6 Å². The fourth-order valence-electron chi connectivity index (χ4n) is 4.20. The van der Waals surface area contributed by atoms with E-state index in [1.54, 1.807) is 69.3 Å². The molecule has 0 aliphatic carbocycles. The molecule has 1 aliphatic rings. The Morgan fingerprint density at radius 2 is 1.62 bits per heavy atom. The van der Waals surface area contributed by atoms with Gasteiger partial charge in [-0.1, -0.05) is 69.3 Å². The lowest BCUT2D eigenvalue weighted by molar-refractivity contribution is -0.141. The van der Waals surface area contributed by atoms with E-state index in [1.165, 1.54) is 20.0 Å². The van der Waals surface area contributed by atoms with Crippen LogP contribution >= 0.6 is 0 Å². The normalized spacial score (nSPS) is 19.5. The fraction of sp³-hybridized carbons (Fsp3) is 0.429. The molecule has 0 aromatic heterocycles. The first kappa shape index (κ1) is 29.4. The molecule has 0 unspecified atom stereocenters. The Labute approximate surface area is 217 Å². The Balaban J connectivity index is 2.15. The van der Waals surface area contributed by atoms with E-state index in [9.17, 15) is 28.8 Å². The van der Waals surface area contributed by atoms with Crippen molar-refractivity contribution in [2.75, 3.05) is 7.05 Å². The van der Waals surface area contributed by atoms with Crippen LogP contribution in [0.1, 0.15) is 52.1 Å². The first-order valence-corrected chi connectivity index (χ1v) is 12.3. The molecule has 4 atom stereocenters. The zero-order chi connectivity index (χ0) is 27.7. The van der Waals surface area contributed by atoms with Crippen molar-refractivity contribution in [1.29, 1.82) is 0 Å². The van der Waals surface area contributed by atoms with Crippen LogP contribution in [0.15, 0.2) is 54.6 Å². The van der Waals surface area contributed by atoms with Crippen molar-refractivity contribution in [3.8, 4) is 0 Å². The molecule has 9 nitrogen and oxygen atoms in total. The molecule has 0 spiro atoms. The Morgan fingerprint density at radius 3 is 2.16 bits per heavy atom. The van der Waals surface area contributed by atoms with E-state index in [0.29, 0.717) is 5.56 Å². The van der Waals surface area contributed by atoms with E-state index in [2.05, 4.69) is 10.6 Å². The molecule has 9 heteroatoms. The summed E-state index contributed by atoms with van der Waals surface area (Å²) in [6.07, 6.45) is 5.70. The number of likely N-dealkylation sites (tertiary alicyclic amines) is 1. The topological polar surface area (TPSA) is 130 Å². The predicted molar refractivity (Wildman–Crippen MR) is 138 cm³/mol. The van der Waals surface area contributed by atoms with Gasteiger partial charge < -0.3 is 10.6 Å². The number of carbonyl (C=O) groups is 6. The highest BCUT2D eigenvalue weighted by atomic mass is 16.2. The van der Waals surface area contributed by atoms with Crippen LogP contribution in [0.5, 0.6) is 0 Å². The van der Waals surface area contributed by atoms with Crippen LogP contribution in [0.25, 0.3) is 0 Å². The SMILES string of the molecule is C/C=C/C=C/C(=O)CC(=O)N[C@@H](CC(=O)N[C@H](C(=O)[C@@H]1C(=O)N(C)C(=O)[C@H]1C)C(C)C)c1ccccc1. The summed E-state index contributed by atoms with van der Waals surface area (Å²) in [5.74, 6) is -5.27. The van der Waals surface area contributed by atoms with Crippen molar-refractivity contribution in [3.05, 3.63) is 60.2 Å². The van der Waals surface area contributed by atoms with E-state index < -0.39 is 53.3 Å². The maximum absolute atomic E-state index is 13.3. The third-order valence-corrected chi connectivity index (χ3v) is 6.26. The zero-order valence-corrected chi connectivity index (χ0v) is 21.9. The average Bonchev–Trinajstić information content (AvgIpc) is 3.04. The number of amides is 4. The van der Waals surface area contributed by atoms with Gasteiger partial charge >= 0.3 is 0 Å². The van der Waals surface area contributed by atoms with Crippen molar-refractivity contribution < 1.29 is 28.8 Å². The first-order chi connectivity index (χ1) is 17.5. The van der Waals surface area contributed by atoms with E-state index in [-0.39, 0.29) is 24.5 Å². The van der Waals surface area contributed by atoms with Crippen LogP contribution in [0.3, 0.4) is 0 Å². The minimum atomic E-state index is -1.16. The van der Waals surface area contributed by atoms with Crippen LogP contribution in [-0.4, -0.2) is 53.2 Å². The van der Waals surface area contributed by atoms with Crippen molar-refractivity contribution in [1.82, 2.24) is 15.5 Å². The van der Waals surface area contributed by atoms with Gasteiger partial charge in [0.15, 0.2) is 11.6 Å². The third kappa shape index (κ3) is 7.80. The smallest absolute Gasteiger partial charge is 0.240 e. The van der Waals surface area contributed by atoms with E-state index in [0.717, 1.165) is 4.90 Å². The molecule has 1 aliphatic heterocycles. The highest BCUT2D eigenvalue weighted by molar-refractivity contribution is 6.16. The molecule has 37 heavy (non-hydrogen) atoms. The largest absolute Gasteiger partial charge is 0.348 e. The maximum atomic E-state index is 13.3. The van der Waals surface area contributed by atoms with Gasteiger partial charge in [-0.15, -0.1) is 0 Å². The predicted octanol–water partition coefficient (Wildman–Crippen LogP) is 2.29. The molecule has 1 saturated heterocycles. The molecule has 0 bridgehead atoms. The number of nitrogens with zero attached hydrogens (tertiary/aromatic N) is 1. The van der Waals surface area contributed by atoms with Crippen LogP contribution in [-0.2, 0) is 28.8 Å². The first-order valence-electron chi connectivity index (χ1n) is 12.3. The molecule has 1 aromatic rings. The number of ketones is 2. The number of rotatable bonds is 12. The average molecular weight is 510 g/mol. The number of hydrogen-bond donors (Lipinski definition) is 2. The second-order valence-corrected chi connectivity index (χ2v) is 9.46. The van der Waals surface area contributed by atoms with Crippen molar-refractivity contribution in [2.45, 2.75) is 52.6 Å². The minimum absolute atomic E-state index is 0.193. The summed E-state index contributed by atoms with van der Waals surface area (Å²) in [5, 5.41) is 5.44. The van der Waals surface area contributed by atoms with Gasteiger partial charge in [0.05, 0.1) is 30.8 Å². The van der Waals surface area contributed by atoms with Crippen LogP contribution in [0.2, 0.25) is 0 Å². The summed E-state index contributed by atoms with van der Waals surface area (Å²) in [7, 11) is 1.34. The summed E-state index contributed by atoms with van der Waals surface area (Å²) in [6.45, 7) is 6.81. The fourth-order valence-corrected chi connectivity index (χ4v) is 4.20. The lowest BCUT2D eigenvalue weighted by Crippen LogP contribution is -2.49. The Bertz CT molecular complexity index is 1090. The molecule has 2 rings (SSSR count). The molecule has 1 heterocycles. The molecule has 2 N–H and O–H groups in total. The van der Waals surface area contributed by atoms with Crippen molar-refractivity contribution >= 4 is 35.2 Å².